The standard InChI is InChI=1S/C9H8Cl2N2S/c10-3-8-5-13(6-12-8)4-7-1-2-14-9(7)11/h1-2,5-6H,3-4H2. The number of hydrogen-bond acceptors (Lipinski definition) is 2. The third-order valence-electron chi connectivity index (χ3n) is 1.87. The van der Waals surface area contributed by atoms with Crippen LogP contribution in [0.15, 0.2) is 24.0 Å². The summed E-state index contributed by atoms with van der Waals surface area (Å²) in [6.45, 7) is 0.756. The van der Waals surface area contributed by atoms with Gasteiger partial charge in [-0.15, -0.1) is 22.9 Å². The molecule has 0 aliphatic heterocycles. The van der Waals surface area contributed by atoms with E-state index in [0.717, 1.165) is 22.1 Å². The molecule has 0 saturated carbocycles. The van der Waals surface area contributed by atoms with Gasteiger partial charge in [0, 0.05) is 11.8 Å². The summed E-state index contributed by atoms with van der Waals surface area (Å²) in [5, 5.41) is 1.98. The van der Waals surface area contributed by atoms with Crippen molar-refractivity contribution < 1.29 is 0 Å². The molecule has 0 saturated heterocycles. The van der Waals surface area contributed by atoms with Gasteiger partial charge in [0.15, 0.2) is 0 Å². The molecule has 0 unspecified atom stereocenters. The zero-order chi connectivity index (χ0) is 9.97. The molecule has 0 aliphatic rings. The minimum absolute atomic E-state index is 0.449. The van der Waals surface area contributed by atoms with Crippen molar-refractivity contribution >= 4 is 34.5 Å². The van der Waals surface area contributed by atoms with Gasteiger partial charge in [0.05, 0.1) is 28.8 Å². The first-order valence-corrected chi connectivity index (χ1v) is 5.87. The lowest BCUT2D eigenvalue weighted by atomic mass is 10.3. The van der Waals surface area contributed by atoms with Crippen LogP contribution >= 0.6 is 34.5 Å². The second kappa shape index (κ2) is 4.34. The van der Waals surface area contributed by atoms with E-state index in [-0.39, 0.29) is 0 Å². The van der Waals surface area contributed by atoms with Gasteiger partial charge >= 0.3 is 0 Å². The highest BCUT2D eigenvalue weighted by Crippen LogP contribution is 2.23. The SMILES string of the molecule is ClCc1cn(Cc2ccsc2Cl)cn1. The molecule has 5 heteroatoms. The van der Waals surface area contributed by atoms with Gasteiger partial charge in [-0.1, -0.05) is 11.6 Å². The van der Waals surface area contributed by atoms with Gasteiger partial charge in [0.1, 0.15) is 0 Å². The van der Waals surface area contributed by atoms with Crippen LogP contribution in [0.5, 0.6) is 0 Å². The zero-order valence-electron chi connectivity index (χ0n) is 7.28. The Kier molecular flexibility index (Phi) is 3.11. The van der Waals surface area contributed by atoms with E-state index in [1.165, 1.54) is 0 Å². The predicted molar refractivity (Wildman–Crippen MR) is 60.2 cm³/mol. The average molecular weight is 247 g/mol. The number of alkyl halides is 1. The Morgan fingerprint density at radius 3 is 2.93 bits per heavy atom. The molecule has 0 aliphatic carbocycles. The van der Waals surface area contributed by atoms with Crippen molar-refractivity contribution in [3.8, 4) is 0 Å². The lowest BCUT2D eigenvalue weighted by molar-refractivity contribution is 0.800. The van der Waals surface area contributed by atoms with Crippen molar-refractivity contribution in [3.63, 3.8) is 0 Å². The van der Waals surface area contributed by atoms with Crippen LogP contribution in [-0.2, 0) is 12.4 Å². The van der Waals surface area contributed by atoms with Gasteiger partial charge in [-0.2, -0.15) is 0 Å². The Labute approximate surface area is 96.1 Å². The smallest absolute Gasteiger partial charge is 0.0978 e. The van der Waals surface area contributed by atoms with Gasteiger partial charge in [-0.25, -0.2) is 4.98 Å². The minimum atomic E-state index is 0.449. The number of thiophene rings is 1. The monoisotopic (exact) mass is 246 g/mol. The quantitative estimate of drug-likeness (QED) is 0.760. The molecule has 0 amide bonds. The van der Waals surface area contributed by atoms with Crippen molar-refractivity contribution in [1.82, 2.24) is 9.55 Å². The molecule has 2 aromatic rings. The second-order valence-corrected chi connectivity index (χ2v) is 4.68. The summed E-state index contributed by atoms with van der Waals surface area (Å²) >= 11 is 13.2. The first-order chi connectivity index (χ1) is 6.79. The largest absolute Gasteiger partial charge is 0.333 e. The fourth-order valence-corrected chi connectivity index (χ4v) is 2.24. The van der Waals surface area contributed by atoms with E-state index >= 15 is 0 Å². The molecule has 2 aromatic heterocycles. The highest BCUT2D eigenvalue weighted by molar-refractivity contribution is 7.14. The molecule has 0 spiro atoms. The van der Waals surface area contributed by atoms with Crippen LogP contribution in [0.25, 0.3) is 0 Å². The Morgan fingerprint density at radius 2 is 2.36 bits per heavy atom. The first kappa shape index (κ1) is 10.0. The highest BCUT2D eigenvalue weighted by Gasteiger charge is 2.03. The number of aromatic nitrogens is 2. The molecule has 2 rings (SSSR count). The number of hydrogen-bond donors (Lipinski definition) is 0. The third kappa shape index (κ3) is 2.11. The van der Waals surface area contributed by atoms with Crippen LogP contribution in [-0.4, -0.2) is 9.55 Å². The van der Waals surface area contributed by atoms with Crippen LogP contribution in [0, 0.1) is 0 Å². The summed E-state index contributed by atoms with van der Waals surface area (Å²) in [5.74, 6) is 0.449. The lowest BCUT2D eigenvalue weighted by Crippen LogP contribution is -1.94. The molecular weight excluding hydrogens is 239 g/mol. The average Bonchev–Trinajstić information content (AvgIpc) is 2.77. The van der Waals surface area contributed by atoms with E-state index in [1.807, 2.05) is 22.2 Å². The highest BCUT2D eigenvalue weighted by atomic mass is 35.5. The number of halogens is 2. The first-order valence-electron chi connectivity index (χ1n) is 4.08. The van der Waals surface area contributed by atoms with E-state index in [9.17, 15) is 0 Å². The molecule has 0 fully saturated rings. The maximum atomic E-state index is 5.99. The number of nitrogens with zero attached hydrogens (tertiary/aromatic N) is 2. The second-order valence-electron chi connectivity index (χ2n) is 2.89. The molecular formula is C9H8Cl2N2S. The normalized spacial score (nSPS) is 10.7. The van der Waals surface area contributed by atoms with Gasteiger partial charge in [-0.3, -0.25) is 0 Å². The Hall–Kier alpha value is -0.510. The molecule has 0 atom stereocenters. The van der Waals surface area contributed by atoms with E-state index in [4.69, 9.17) is 23.2 Å². The van der Waals surface area contributed by atoms with Crippen molar-refractivity contribution in [1.29, 1.82) is 0 Å². The summed E-state index contributed by atoms with van der Waals surface area (Å²) in [6, 6.07) is 2.02. The molecule has 0 aromatic carbocycles. The molecule has 14 heavy (non-hydrogen) atoms. The van der Waals surface area contributed by atoms with Gasteiger partial charge < -0.3 is 4.57 Å². The molecule has 2 heterocycles. The van der Waals surface area contributed by atoms with Crippen molar-refractivity contribution in [2.45, 2.75) is 12.4 Å². The van der Waals surface area contributed by atoms with Gasteiger partial charge in [0.2, 0.25) is 0 Å². The van der Waals surface area contributed by atoms with Crippen LogP contribution in [0.1, 0.15) is 11.3 Å². The van der Waals surface area contributed by atoms with Crippen molar-refractivity contribution in [2.24, 2.45) is 0 Å². The molecule has 2 nitrogen and oxygen atoms in total. The summed E-state index contributed by atoms with van der Waals surface area (Å²) in [4.78, 5) is 4.14. The number of imidazole rings is 1. The molecule has 0 radical (unpaired) electrons. The van der Waals surface area contributed by atoms with E-state index in [1.54, 1.807) is 17.7 Å². The van der Waals surface area contributed by atoms with Crippen LogP contribution in [0.3, 0.4) is 0 Å². The lowest BCUT2D eigenvalue weighted by Gasteiger charge is -1.99. The fourth-order valence-electron chi connectivity index (χ4n) is 1.19. The van der Waals surface area contributed by atoms with E-state index < -0.39 is 0 Å². The van der Waals surface area contributed by atoms with Crippen LogP contribution < -0.4 is 0 Å². The zero-order valence-corrected chi connectivity index (χ0v) is 9.61. The minimum Gasteiger partial charge on any atom is -0.333 e. The van der Waals surface area contributed by atoms with Crippen LogP contribution in [0.2, 0.25) is 4.34 Å². The maximum Gasteiger partial charge on any atom is 0.0978 e. The molecule has 74 valence electrons. The Balaban J connectivity index is 2.15. The molecule has 0 N–H and O–H groups in total. The summed E-state index contributed by atoms with van der Waals surface area (Å²) in [7, 11) is 0. The van der Waals surface area contributed by atoms with E-state index in [2.05, 4.69) is 4.98 Å². The molecule has 0 bridgehead atoms. The van der Waals surface area contributed by atoms with Gasteiger partial charge in [0.25, 0.3) is 0 Å². The summed E-state index contributed by atoms with van der Waals surface area (Å²) in [6.07, 6.45) is 3.70. The van der Waals surface area contributed by atoms with Crippen LogP contribution in [0.4, 0.5) is 0 Å². The summed E-state index contributed by atoms with van der Waals surface area (Å²) in [5.41, 5.74) is 2.01. The maximum absolute atomic E-state index is 5.99. The third-order valence-corrected chi connectivity index (χ3v) is 3.39. The summed E-state index contributed by atoms with van der Waals surface area (Å²) < 4.78 is 2.82. The Morgan fingerprint density at radius 1 is 1.50 bits per heavy atom. The van der Waals surface area contributed by atoms with E-state index in [0.29, 0.717) is 5.88 Å². The topological polar surface area (TPSA) is 17.8 Å². The van der Waals surface area contributed by atoms with Crippen molar-refractivity contribution in [2.75, 3.05) is 0 Å². The Bertz CT molecular complexity index is 422. The fraction of sp³-hybridized carbons (Fsp3) is 0.222. The predicted octanol–water partition coefficient (Wildman–Crippen LogP) is 3.39. The van der Waals surface area contributed by atoms with Gasteiger partial charge in [-0.05, 0) is 11.4 Å². The van der Waals surface area contributed by atoms with Crippen molar-refractivity contribution in [3.05, 3.63) is 39.6 Å². The number of rotatable bonds is 3.